The molecule has 1 saturated heterocycles. The lowest BCUT2D eigenvalue weighted by atomic mass is 9.84. The molecule has 3 rings (SSSR count). The summed E-state index contributed by atoms with van der Waals surface area (Å²) < 4.78 is 31.8. The summed E-state index contributed by atoms with van der Waals surface area (Å²) in [6, 6.07) is 6.96. The molecule has 6 nitrogen and oxygen atoms in total. The largest absolute Gasteiger partial charge is 0.415 e. The van der Waals surface area contributed by atoms with E-state index in [0.29, 0.717) is 37.5 Å². The van der Waals surface area contributed by atoms with Gasteiger partial charge in [0.15, 0.2) is 5.75 Å². The molecule has 2 amide bonds. The van der Waals surface area contributed by atoms with Crippen molar-refractivity contribution in [3.8, 4) is 5.75 Å². The lowest BCUT2D eigenvalue weighted by molar-refractivity contribution is -0.108. The molecule has 31 heavy (non-hydrogen) atoms. The monoisotopic (exact) mass is 431 g/mol. The number of hydrogen-bond donors (Lipinski definition) is 0. The van der Waals surface area contributed by atoms with Gasteiger partial charge >= 0.3 is 6.09 Å². The first-order chi connectivity index (χ1) is 14.9. The second-order valence-corrected chi connectivity index (χ2v) is 8.22. The molecule has 166 valence electrons. The number of aromatic nitrogens is 1. The van der Waals surface area contributed by atoms with Crippen molar-refractivity contribution in [2.45, 2.75) is 39.2 Å². The van der Waals surface area contributed by atoms with E-state index in [4.69, 9.17) is 4.74 Å². The van der Waals surface area contributed by atoms with Crippen LogP contribution in [0.5, 0.6) is 5.75 Å². The number of likely N-dealkylation sites (tertiary alicyclic amines) is 1. The van der Waals surface area contributed by atoms with Gasteiger partial charge in [-0.2, -0.15) is 0 Å². The van der Waals surface area contributed by atoms with Gasteiger partial charge in [0.25, 0.3) is 0 Å². The van der Waals surface area contributed by atoms with E-state index in [0.717, 1.165) is 25.1 Å². The van der Waals surface area contributed by atoms with Crippen LogP contribution < -0.4 is 9.64 Å². The van der Waals surface area contributed by atoms with Crippen LogP contribution in [0.1, 0.15) is 33.1 Å². The number of halogens is 2. The van der Waals surface area contributed by atoms with Gasteiger partial charge in [-0.15, -0.1) is 0 Å². The van der Waals surface area contributed by atoms with Gasteiger partial charge in [-0.05, 0) is 55.4 Å². The van der Waals surface area contributed by atoms with Crippen LogP contribution in [0, 0.1) is 23.5 Å². The number of amides is 2. The fourth-order valence-electron chi connectivity index (χ4n) is 4.04. The average molecular weight is 431 g/mol. The molecule has 0 N–H and O–H groups in total. The highest BCUT2D eigenvalue weighted by Gasteiger charge is 2.33. The summed E-state index contributed by atoms with van der Waals surface area (Å²) in [6.07, 6.45) is 4.77. The van der Waals surface area contributed by atoms with Crippen molar-refractivity contribution < 1.29 is 23.1 Å². The summed E-state index contributed by atoms with van der Waals surface area (Å²) in [4.78, 5) is 31.3. The Balaban J connectivity index is 1.66. The topological polar surface area (TPSA) is 62.7 Å². The maximum absolute atomic E-state index is 13.3. The highest BCUT2D eigenvalue weighted by atomic mass is 19.1. The van der Waals surface area contributed by atoms with Gasteiger partial charge in [0.2, 0.25) is 6.41 Å². The summed E-state index contributed by atoms with van der Waals surface area (Å²) in [5.41, 5.74) is 0.655. The van der Waals surface area contributed by atoms with Crippen molar-refractivity contribution >= 4 is 18.2 Å². The molecule has 0 aliphatic carbocycles. The SMILES string of the molecule is CC(C)CC(C1CCN(C(=O)Oc2cncc(F)c2)CC1)N(C=O)c1ccc(F)cc1. The lowest BCUT2D eigenvalue weighted by Crippen LogP contribution is -2.47. The number of carbonyl (C=O) groups is 2. The van der Waals surface area contributed by atoms with E-state index in [1.54, 1.807) is 21.9 Å². The fourth-order valence-corrected chi connectivity index (χ4v) is 4.04. The van der Waals surface area contributed by atoms with Crippen LogP contribution in [-0.4, -0.2) is 41.5 Å². The van der Waals surface area contributed by atoms with Crippen molar-refractivity contribution in [1.82, 2.24) is 9.88 Å². The molecule has 1 atom stereocenters. The van der Waals surface area contributed by atoms with Crippen molar-refractivity contribution in [2.75, 3.05) is 18.0 Å². The van der Waals surface area contributed by atoms with Gasteiger partial charge in [-0.1, -0.05) is 13.8 Å². The van der Waals surface area contributed by atoms with E-state index >= 15 is 0 Å². The van der Waals surface area contributed by atoms with Crippen LogP contribution in [0.25, 0.3) is 0 Å². The van der Waals surface area contributed by atoms with E-state index in [1.165, 1.54) is 18.3 Å². The van der Waals surface area contributed by atoms with Crippen LogP contribution in [0.15, 0.2) is 42.7 Å². The molecule has 1 unspecified atom stereocenters. The smallest absolute Gasteiger partial charge is 0.408 e. The normalized spacial score (nSPS) is 15.6. The Morgan fingerprint density at radius 1 is 1.19 bits per heavy atom. The molecular formula is C23H27F2N3O3. The second-order valence-electron chi connectivity index (χ2n) is 8.22. The molecule has 0 saturated carbocycles. The zero-order valence-electron chi connectivity index (χ0n) is 17.7. The van der Waals surface area contributed by atoms with Gasteiger partial charge in [0, 0.05) is 30.9 Å². The molecule has 0 bridgehead atoms. The summed E-state index contributed by atoms with van der Waals surface area (Å²) in [5.74, 6) is -0.326. The Kier molecular flexibility index (Phi) is 7.55. The van der Waals surface area contributed by atoms with Crippen LogP contribution in [-0.2, 0) is 4.79 Å². The number of piperidine rings is 1. The molecule has 0 spiro atoms. The molecule has 0 radical (unpaired) electrons. The summed E-state index contributed by atoms with van der Waals surface area (Å²) in [6.45, 7) is 5.13. The molecule has 1 aromatic carbocycles. The first-order valence-electron chi connectivity index (χ1n) is 10.4. The summed E-state index contributed by atoms with van der Waals surface area (Å²) in [7, 11) is 0. The zero-order valence-corrected chi connectivity index (χ0v) is 17.7. The van der Waals surface area contributed by atoms with Gasteiger partial charge < -0.3 is 14.5 Å². The number of benzene rings is 1. The fraction of sp³-hybridized carbons (Fsp3) is 0.435. The predicted octanol–water partition coefficient (Wildman–Crippen LogP) is 4.65. The highest BCUT2D eigenvalue weighted by Crippen LogP contribution is 2.31. The minimum atomic E-state index is -0.574. The first kappa shape index (κ1) is 22.7. The van der Waals surface area contributed by atoms with E-state index < -0.39 is 11.9 Å². The Morgan fingerprint density at radius 3 is 2.45 bits per heavy atom. The third-order valence-electron chi connectivity index (χ3n) is 5.54. The number of pyridine rings is 1. The van der Waals surface area contributed by atoms with Crippen molar-refractivity contribution in [3.05, 3.63) is 54.4 Å². The van der Waals surface area contributed by atoms with E-state index in [1.807, 2.05) is 0 Å². The summed E-state index contributed by atoms with van der Waals surface area (Å²) >= 11 is 0. The number of carbonyl (C=O) groups excluding carboxylic acids is 2. The van der Waals surface area contributed by atoms with Crippen molar-refractivity contribution in [3.63, 3.8) is 0 Å². The number of anilines is 1. The van der Waals surface area contributed by atoms with E-state index in [2.05, 4.69) is 18.8 Å². The Bertz CT molecular complexity index is 884. The molecular weight excluding hydrogens is 404 g/mol. The number of rotatable bonds is 7. The van der Waals surface area contributed by atoms with Crippen LogP contribution >= 0.6 is 0 Å². The Labute approximate surface area is 180 Å². The van der Waals surface area contributed by atoms with Crippen molar-refractivity contribution in [1.29, 1.82) is 0 Å². The highest BCUT2D eigenvalue weighted by molar-refractivity contribution is 5.76. The average Bonchev–Trinajstić information content (AvgIpc) is 2.74. The number of hydrogen-bond acceptors (Lipinski definition) is 4. The third-order valence-corrected chi connectivity index (χ3v) is 5.54. The van der Waals surface area contributed by atoms with Crippen LogP contribution in [0.3, 0.4) is 0 Å². The number of ether oxygens (including phenoxy) is 1. The molecule has 2 aromatic rings. The third kappa shape index (κ3) is 5.99. The standard InChI is InChI=1S/C23H27F2N3O3/c1-16(2)11-22(28(15-29)20-5-3-18(24)4-6-20)17-7-9-27(10-8-17)23(30)31-21-12-19(25)13-26-14-21/h3-6,12-17,22H,7-11H2,1-2H3. The zero-order chi connectivity index (χ0) is 22.4. The van der Waals surface area contributed by atoms with Crippen molar-refractivity contribution in [2.24, 2.45) is 11.8 Å². The van der Waals surface area contributed by atoms with Gasteiger partial charge in [-0.3, -0.25) is 9.78 Å². The summed E-state index contributed by atoms with van der Waals surface area (Å²) in [5, 5.41) is 0. The Morgan fingerprint density at radius 2 is 1.87 bits per heavy atom. The second kappa shape index (κ2) is 10.3. The quantitative estimate of drug-likeness (QED) is 0.599. The van der Waals surface area contributed by atoms with Gasteiger partial charge in [0.1, 0.15) is 11.6 Å². The predicted molar refractivity (Wildman–Crippen MR) is 113 cm³/mol. The lowest BCUT2D eigenvalue weighted by Gasteiger charge is -2.40. The van der Waals surface area contributed by atoms with E-state index in [-0.39, 0.29) is 23.5 Å². The minimum absolute atomic E-state index is 0.0615. The van der Waals surface area contributed by atoms with Gasteiger partial charge in [-0.25, -0.2) is 13.6 Å². The molecule has 2 heterocycles. The maximum atomic E-state index is 13.3. The maximum Gasteiger partial charge on any atom is 0.415 e. The van der Waals surface area contributed by atoms with Crippen LogP contribution in [0.2, 0.25) is 0 Å². The minimum Gasteiger partial charge on any atom is -0.408 e. The molecule has 1 aliphatic heterocycles. The Hall–Kier alpha value is -3.03. The van der Waals surface area contributed by atoms with Gasteiger partial charge in [0.05, 0.1) is 12.4 Å². The number of nitrogens with zero attached hydrogens (tertiary/aromatic N) is 3. The molecule has 1 aliphatic rings. The molecule has 8 heteroatoms. The molecule has 1 fully saturated rings. The van der Waals surface area contributed by atoms with Crippen LogP contribution in [0.4, 0.5) is 19.3 Å². The molecule has 1 aromatic heterocycles. The first-order valence-corrected chi connectivity index (χ1v) is 10.4. The van der Waals surface area contributed by atoms with E-state index in [9.17, 15) is 18.4 Å².